The first-order chi connectivity index (χ1) is 11.9. The lowest BCUT2D eigenvalue weighted by Gasteiger charge is -2.31. The van der Waals surface area contributed by atoms with Gasteiger partial charge in [-0.2, -0.15) is 0 Å². The van der Waals surface area contributed by atoms with Crippen LogP contribution in [0, 0.1) is 0 Å². The molecule has 1 heterocycles. The van der Waals surface area contributed by atoms with E-state index in [9.17, 15) is 9.46 Å². The van der Waals surface area contributed by atoms with Crippen molar-refractivity contribution in [2.24, 2.45) is 0 Å². The summed E-state index contributed by atoms with van der Waals surface area (Å²) in [5.74, 6) is 0. The Kier molecular flexibility index (Phi) is 6.21. The summed E-state index contributed by atoms with van der Waals surface area (Å²) in [4.78, 5) is 10.3. The minimum Gasteiger partial charge on any atom is -0.374 e. The first kappa shape index (κ1) is 18.9. The van der Waals surface area contributed by atoms with Crippen LogP contribution in [0.3, 0.4) is 0 Å². The number of benzene rings is 2. The van der Waals surface area contributed by atoms with Gasteiger partial charge in [0.2, 0.25) is 7.37 Å². The van der Waals surface area contributed by atoms with E-state index >= 15 is 0 Å². The molecule has 4 nitrogen and oxygen atoms in total. The summed E-state index contributed by atoms with van der Waals surface area (Å²) in [7, 11) is -3.29. The molecule has 2 aromatic carbocycles. The molecule has 1 aliphatic rings. The predicted octanol–water partition coefficient (Wildman–Crippen LogP) is 4.49. The van der Waals surface area contributed by atoms with Gasteiger partial charge < -0.3 is 14.9 Å². The van der Waals surface area contributed by atoms with E-state index in [1.807, 2.05) is 42.5 Å². The molecular weight excluding hydrogens is 380 g/mol. The third kappa shape index (κ3) is 5.30. The molecule has 0 aliphatic carbocycles. The van der Waals surface area contributed by atoms with Crippen LogP contribution in [0.1, 0.15) is 17.2 Å². The summed E-state index contributed by atoms with van der Waals surface area (Å²) < 4.78 is 18.3. The van der Waals surface area contributed by atoms with Crippen molar-refractivity contribution in [3.05, 3.63) is 69.7 Å². The lowest BCUT2D eigenvalue weighted by Crippen LogP contribution is -2.42. The highest BCUT2D eigenvalue weighted by Crippen LogP contribution is 2.45. The second-order valence-electron chi connectivity index (χ2n) is 6.26. The second kappa shape index (κ2) is 8.22. The van der Waals surface area contributed by atoms with Gasteiger partial charge in [-0.15, -0.1) is 0 Å². The highest BCUT2D eigenvalue weighted by Gasteiger charge is 2.29. The molecule has 3 atom stereocenters. The molecule has 2 aromatic rings. The van der Waals surface area contributed by atoms with Gasteiger partial charge >= 0.3 is 0 Å². The van der Waals surface area contributed by atoms with Crippen LogP contribution in [0.5, 0.6) is 0 Å². The molecule has 0 bridgehead atoms. The van der Waals surface area contributed by atoms with E-state index in [0.29, 0.717) is 23.2 Å². The Balaban J connectivity index is 1.55. The van der Waals surface area contributed by atoms with Crippen molar-refractivity contribution >= 4 is 30.6 Å². The van der Waals surface area contributed by atoms with Crippen LogP contribution in [-0.2, 0) is 15.5 Å². The molecule has 1 aliphatic heterocycles. The number of hydrogen-bond donors (Lipinski definition) is 2. The maximum absolute atomic E-state index is 12.5. The van der Waals surface area contributed by atoms with Gasteiger partial charge in [0.25, 0.3) is 0 Å². The number of ether oxygens (including phenoxy) is 1. The monoisotopic (exact) mass is 399 g/mol. The fourth-order valence-corrected chi connectivity index (χ4v) is 5.02. The Hall–Kier alpha value is -0.870. The number of rotatable bonds is 5. The molecule has 1 saturated heterocycles. The summed E-state index contributed by atoms with van der Waals surface area (Å²) in [5, 5.41) is 4.38. The normalized spacial score (nSPS) is 23.2. The number of morpholine rings is 1. The van der Waals surface area contributed by atoms with Crippen molar-refractivity contribution in [1.29, 1.82) is 0 Å². The molecule has 0 amide bonds. The van der Waals surface area contributed by atoms with Crippen molar-refractivity contribution in [2.75, 3.05) is 19.3 Å². The van der Waals surface area contributed by atoms with Crippen LogP contribution in [-0.4, -0.2) is 30.3 Å². The summed E-state index contributed by atoms with van der Waals surface area (Å²) in [6.45, 7) is 0.943. The van der Waals surface area contributed by atoms with Gasteiger partial charge in [0.05, 0.1) is 35.0 Å². The van der Waals surface area contributed by atoms with Crippen molar-refractivity contribution < 1.29 is 14.2 Å². The van der Waals surface area contributed by atoms with Crippen molar-refractivity contribution in [2.45, 2.75) is 18.3 Å². The van der Waals surface area contributed by atoms with E-state index in [2.05, 4.69) is 5.32 Å². The summed E-state index contributed by atoms with van der Waals surface area (Å²) in [6, 6.07) is 14.8. The summed E-state index contributed by atoms with van der Waals surface area (Å²) in [6.07, 6.45) is 0.0333. The van der Waals surface area contributed by atoms with E-state index < -0.39 is 7.37 Å². The van der Waals surface area contributed by atoms with Crippen molar-refractivity contribution in [1.82, 2.24) is 5.32 Å². The van der Waals surface area contributed by atoms with E-state index in [4.69, 9.17) is 27.9 Å². The number of hydrogen-bond acceptors (Lipinski definition) is 3. The van der Waals surface area contributed by atoms with Gasteiger partial charge in [-0.3, -0.25) is 4.57 Å². The second-order valence-corrected chi connectivity index (χ2v) is 9.45. The topological polar surface area (TPSA) is 58.6 Å². The quantitative estimate of drug-likeness (QED) is 0.726. The fourth-order valence-electron chi connectivity index (χ4n) is 2.94. The zero-order chi connectivity index (χ0) is 17.9. The van der Waals surface area contributed by atoms with Crippen LogP contribution in [0.15, 0.2) is 48.5 Å². The number of nitrogens with one attached hydrogen (secondary N) is 1. The molecule has 1 fully saturated rings. The largest absolute Gasteiger partial charge is 0.374 e. The smallest absolute Gasteiger partial charge is 0.207 e. The molecule has 0 aromatic heterocycles. The van der Waals surface area contributed by atoms with Crippen molar-refractivity contribution in [3.63, 3.8) is 0 Å². The van der Waals surface area contributed by atoms with Gasteiger partial charge in [-0.25, -0.2) is 0 Å². The number of halogens is 2. The van der Waals surface area contributed by atoms with Gasteiger partial charge in [0.1, 0.15) is 0 Å². The minimum absolute atomic E-state index is 0.00165. The predicted molar refractivity (Wildman–Crippen MR) is 102 cm³/mol. The molecule has 3 rings (SSSR count). The molecule has 0 radical (unpaired) electrons. The molecule has 0 spiro atoms. The molecule has 134 valence electrons. The van der Waals surface area contributed by atoms with E-state index in [1.165, 1.54) is 0 Å². The van der Waals surface area contributed by atoms with Crippen LogP contribution >= 0.6 is 30.6 Å². The highest BCUT2D eigenvalue weighted by molar-refractivity contribution is 7.57. The van der Waals surface area contributed by atoms with Crippen LogP contribution in [0.4, 0.5) is 0 Å². The maximum atomic E-state index is 12.5. The van der Waals surface area contributed by atoms with E-state index in [0.717, 1.165) is 11.1 Å². The summed E-state index contributed by atoms with van der Waals surface area (Å²) >= 11 is 12.0. The van der Waals surface area contributed by atoms with E-state index in [-0.39, 0.29) is 24.5 Å². The maximum Gasteiger partial charge on any atom is 0.207 e. The molecule has 1 unspecified atom stereocenters. The lowest BCUT2D eigenvalue weighted by atomic mass is 10.1. The van der Waals surface area contributed by atoms with Crippen LogP contribution in [0.2, 0.25) is 10.0 Å². The first-order valence-electron chi connectivity index (χ1n) is 8.08. The lowest BCUT2D eigenvalue weighted by molar-refractivity contribution is 0.0156. The summed E-state index contributed by atoms with van der Waals surface area (Å²) in [5.41, 5.74) is 1.86. The third-order valence-corrected chi connectivity index (χ3v) is 6.77. The molecule has 7 heteroatoms. The molecular formula is C18H20Cl2NO3P. The fraction of sp³-hybridized carbons (Fsp3) is 0.333. The third-order valence-electron chi connectivity index (χ3n) is 4.20. The Labute approximate surface area is 157 Å². The standard InChI is InChI=1S/C18H20Cl2NO3P/c19-16-7-6-14(8-17(16)20)18-10-24-15(9-21-18)12-25(22,23)11-13-4-2-1-3-5-13/h1-8,15,18,21H,9-12H2,(H,22,23)/t15-,18-/m1/s1. The Morgan fingerprint density at radius 2 is 1.92 bits per heavy atom. The van der Waals surface area contributed by atoms with Crippen molar-refractivity contribution in [3.8, 4) is 0 Å². The van der Waals surface area contributed by atoms with Gasteiger partial charge in [0.15, 0.2) is 0 Å². The Bertz CT molecular complexity index is 764. The highest BCUT2D eigenvalue weighted by atomic mass is 35.5. The Morgan fingerprint density at radius 3 is 2.56 bits per heavy atom. The average molecular weight is 400 g/mol. The zero-order valence-corrected chi connectivity index (χ0v) is 16.0. The molecule has 25 heavy (non-hydrogen) atoms. The van der Waals surface area contributed by atoms with Crippen LogP contribution < -0.4 is 5.32 Å². The van der Waals surface area contributed by atoms with Crippen LogP contribution in [0.25, 0.3) is 0 Å². The molecule has 2 N–H and O–H groups in total. The van der Waals surface area contributed by atoms with Gasteiger partial charge in [0, 0.05) is 12.7 Å². The zero-order valence-electron chi connectivity index (χ0n) is 13.6. The first-order valence-corrected chi connectivity index (χ1v) is 10.9. The molecule has 0 saturated carbocycles. The SMILES string of the molecule is O=P(O)(Cc1ccccc1)C[C@H]1CN[C@@H](c2ccc(Cl)c(Cl)c2)CO1. The van der Waals surface area contributed by atoms with E-state index in [1.54, 1.807) is 6.07 Å². The minimum atomic E-state index is -3.29. The van der Waals surface area contributed by atoms with Gasteiger partial charge in [-0.05, 0) is 23.3 Å². The average Bonchev–Trinajstić information content (AvgIpc) is 2.58. The van der Waals surface area contributed by atoms with Gasteiger partial charge in [-0.1, -0.05) is 59.6 Å². The Morgan fingerprint density at radius 1 is 1.16 bits per heavy atom.